The van der Waals surface area contributed by atoms with Crippen LogP contribution in [-0.2, 0) is 6.42 Å². The second-order valence-electron chi connectivity index (χ2n) is 2.56. The Morgan fingerprint density at radius 2 is 1.92 bits per heavy atom. The predicted molar refractivity (Wildman–Crippen MR) is 42.5 cm³/mol. The molecule has 13 heavy (non-hydrogen) atoms. The maximum atomic E-state index is 12.6. The van der Waals surface area contributed by atoms with Crippen molar-refractivity contribution in [1.82, 2.24) is 0 Å². The van der Waals surface area contributed by atoms with Crippen molar-refractivity contribution in [2.45, 2.75) is 6.42 Å². The van der Waals surface area contributed by atoms with Gasteiger partial charge in [0.15, 0.2) is 11.6 Å². The second kappa shape index (κ2) is 4.09. The van der Waals surface area contributed by atoms with Gasteiger partial charge in [-0.3, -0.25) is 4.79 Å². The maximum absolute atomic E-state index is 12.6. The van der Waals surface area contributed by atoms with Crippen molar-refractivity contribution in [2.24, 2.45) is 0 Å². The van der Waals surface area contributed by atoms with Crippen LogP contribution in [0.15, 0.2) is 12.1 Å². The van der Waals surface area contributed by atoms with Gasteiger partial charge in [-0.15, -0.1) is 0 Å². The summed E-state index contributed by atoms with van der Waals surface area (Å²) in [5.41, 5.74) is 0.393. The molecule has 0 atom stereocenters. The lowest BCUT2D eigenvalue weighted by atomic mass is 10.1. The van der Waals surface area contributed by atoms with Gasteiger partial charge in [0.05, 0.1) is 0 Å². The number of aliphatic hydroxyl groups is 1. The summed E-state index contributed by atoms with van der Waals surface area (Å²) in [4.78, 5) is 10.4. The molecule has 2 nitrogen and oxygen atoms in total. The van der Waals surface area contributed by atoms with Crippen molar-refractivity contribution in [1.29, 1.82) is 0 Å². The van der Waals surface area contributed by atoms with Gasteiger partial charge in [-0.2, -0.15) is 0 Å². The van der Waals surface area contributed by atoms with Gasteiger partial charge in [0.2, 0.25) is 0 Å². The van der Waals surface area contributed by atoms with E-state index in [1.807, 2.05) is 0 Å². The Balaban J connectivity index is 3.16. The molecule has 0 aromatic heterocycles. The molecule has 0 bridgehead atoms. The fourth-order valence-corrected chi connectivity index (χ4v) is 1.05. The molecule has 0 unspecified atom stereocenters. The van der Waals surface area contributed by atoms with E-state index in [4.69, 9.17) is 5.11 Å². The van der Waals surface area contributed by atoms with Crippen LogP contribution in [0.3, 0.4) is 0 Å². The summed E-state index contributed by atoms with van der Waals surface area (Å²) in [5.74, 6) is -2.06. The smallest absolute Gasteiger partial charge is 0.159 e. The average molecular weight is 186 g/mol. The van der Waals surface area contributed by atoms with E-state index in [-0.39, 0.29) is 18.6 Å². The van der Waals surface area contributed by atoms with E-state index in [2.05, 4.69) is 0 Å². The molecular formula is C9H8F2O2. The average Bonchev–Trinajstić information content (AvgIpc) is 2.11. The monoisotopic (exact) mass is 186 g/mol. The van der Waals surface area contributed by atoms with Crippen molar-refractivity contribution in [3.8, 4) is 0 Å². The molecule has 0 spiro atoms. The Kier molecular flexibility index (Phi) is 3.08. The largest absolute Gasteiger partial charge is 0.396 e. The molecule has 0 aliphatic rings. The van der Waals surface area contributed by atoms with Crippen LogP contribution < -0.4 is 0 Å². The lowest BCUT2D eigenvalue weighted by Gasteiger charge is -2.03. The summed E-state index contributed by atoms with van der Waals surface area (Å²) in [6.45, 7) is -0.202. The number of hydrogen-bond donors (Lipinski definition) is 1. The third-order valence-electron chi connectivity index (χ3n) is 1.69. The number of aldehydes is 1. The lowest BCUT2D eigenvalue weighted by Crippen LogP contribution is -1.99. The summed E-state index contributed by atoms with van der Waals surface area (Å²) in [6, 6.07) is 1.75. The first-order valence-electron chi connectivity index (χ1n) is 3.73. The fourth-order valence-electron chi connectivity index (χ4n) is 1.05. The molecule has 0 heterocycles. The zero-order chi connectivity index (χ0) is 9.84. The SMILES string of the molecule is O=Cc1cc(F)c(F)cc1CCO. The summed E-state index contributed by atoms with van der Waals surface area (Å²) >= 11 is 0. The van der Waals surface area contributed by atoms with Crippen molar-refractivity contribution in [3.63, 3.8) is 0 Å². The van der Waals surface area contributed by atoms with Gasteiger partial charge in [0.25, 0.3) is 0 Å². The Morgan fingerprint density at radius 1 is 1.31 bits per heavy atom. The zero-order valence-corrected chi connectivity index (χ0v) is 6.76. The summed E-state index contributed by atoms with van der Waals surface area (Å²) in [7, 11) is 0. The highest BCUT2D eigenvalue weighted by molar-refractivity contribution is 5.77. The molecule has 0 aliphatic carbocycles. The number of rotatable bonds is 3. The van der Waals surface area contributed by atoms with Crippen molar-refractivity contribution < 1.29 is 18.7 Å². The van der Waals surface area contributed by atoms with E-state index >= 15 is 0 Å². The molecule has 0 saturated heterocycles. The van der Waals surface area contributed by atoms with Crippen LogP contribution in [0, 0.1) is 11.6 Å². The number of aliphatic hydroxyl groups excluding tert-OH is 1. The Labute approximate surface area is 73.8 Å². The molecule has 1 rings (SSSR count). The van der Waals surface area contributed by atoms with E-state index in [1.54, 1.807) is 0 Å². The van der Waals surface area contributed by atoms with E-state index in [9.17, 15) is 13.6 Å². The molecule has 70 valence electrons. The number of hydrogen-bond acceptors (Lipinski definition) is 2. The van der Waals surface area contributed by atoms with Crippen LogP contribution in [0.4, 0.5) is 8.78 Å². The fraction of sp³-hybridized carbons (Fsp3) is 0.222. The van der Waals surface area contributed by atoms with Gasteiger partial charge >= 0.3 is 0 Å². The van der Waals surface area contributed by atoms with Crippen LogP contribution in [0.2, 0.25) is 0 Å². The molecule has 4 heteroatoms. The van der Waals surface area contributed by atoms with Gasteiger partial charge in [-0.1, -0.05) is 0 Å². The normalized spacial score (nSPS) is 10.1. The van der Waals surface area contributed by atoms with Crippen molar-refractivity contribution in [3.05, 3.63) is 34.9 Å². The lowest BCUT2D eigenvalue weighted by molar-refractivity contribution is 0.112. The maximum Gasteiger partial charge on any atom is 0.159 e. The van der Waals surface area contributed by atoms with Crippen LogP contribution in [0.25, 0.3) is 0 Å². The predicted octanol–water partition coefficient (Wildman–Crippen LogP) is 1.31. The van der Waals surface area contributed by atoms with E-state index in [0.717, 1.165) is 12.1 Å². The first kappa shape index (κ1) is 9.80. The Bertz CT molecular complexity index is 324. The molecule has 0 fully saturated rings. The zero-order valence-electron chi connectivity index (χ0n) is 6.76. The molecule has 0 aliphatic heterocycles. The minimum Gasteiger partial charge on any atom is -0.396 e. The highest BCUT2D eigenvalue weighted by atomic mass is 19.2. The number of carbonyl (C=O) groups is 1. The number of carbonyl (C=O) groups excluding carboxylic acids is 1. The third kappa shape index (κ3) is 2.09. The quantitative estimate of drug-likeness (QED) is 0.722. The van der Waals surface area contributed by atoms with Crippen LogP contribution in [-0.4, -0.2) is 18.0 Å². The standard InChI is InChI=1S/C9H8F2O2/c10-8-3-6(1-2-12)7(5-13)4-9(8)11/h3-5,12H,1-2H2. The number of benzene rings is 1. The highest BCUT2D eigenvalue weighted by Crippen LogP contribution is 2.13. The Hall–Kier alpha value is -1.29. The van der Waals surface area contributed by atoms with Gasteiger partial charge in [-0.05, 0) is 24.1 Å². The Morgan fingerprint density at radius 3 is 2.46 bits per heavy atom. The third-order valence-corrected chi connectivity index (χ3v) is 1.69. The number of halogens is 2. The first-order valence-corrected chi connectivity index (χ1v) is 3.73. The molecule has 0 amide bonds. The van der Waals surface area contributed by atoms with E-state index in [1.165, 1.54) is 0 Å². The van der Waals surface area contributed by atoms with Gasteiger partial charge in [-0.25, -0.2) is 8.78 Å². The first-order chi connectivity index (χ1) is 6.19. The summed E-state index contributed by atoms with van der Waals surface area (Å²) in [6.07, 6.45) is 0.582. The van der Waals surface area contributed by atoms with E-state index < -0.39 is 11.6 Å². The van der Waals surface area contributed by atoms with Crippen molar-refractivity contribution >= 4 is 6.29 Å². The second-order valence-corrected chi connectivity index (χ2v) is 2.56. The van der Waals surface area contributed by atoms with Gasteiger partial charge in [0.1, 0.15) is 6.29 Å². The highest BCUT2D eigenvalue weighted by Gasteiger charge is 2.08. The molecular weight excluding hydrogens is 178 g/mol. The summed E-state index contributed by atoms with van der Waals surface area (Å²) < 4.78 is 25.2. The van der Waals surface area contributed by atoms with Gasteiger partial charge < -0.3 is 5.11 Å². The van der Waals surface area contributed by atoms with Crippen LogP contribution in [0.1, 0.15) is 15.9 Å². The topological polar surface area (TPSA) is 37.3 Å². The molecule has 1 N–H and O–H groups in total. The van der Waals surface area contributed by atoms with E-state index in [0.29, 0.717) is 11.8 Å². The molecule has 1 aromatic rings. The minimum absolute atomic E-state index is 0.0768. The molecule has 1 aromatic carbocycles. The molecule has 0 radical (unpaired) electrons. The van der Waals surface area contributed by atoms with Crippen LogP contribution in [0.5, 0.6) is 0 Å². The van der Waals surface area contributed by atoms with Crippen LogP contribution >= 0.6 is 0 Å². The minimum atomic E-state index is -1.05. The van der Waals surface area contributed by atoms with Crippen molar-refractivity contribution in [2.75, 3.05) is 6.61 Å². The molecule has 0 saturated carbocycles. The van der Waals surface area contributed by atoms with Gasteiger partial charge in [0, 0.05) is 12.2 Å². The summed E-state index contributed by atoms with van der Waals surface area (Å²) in [5, 5.41) is 8.57.